The highest BCUT2D eigenvalue weighted by Gasteiger charge is 2.23. The van der Waals surface area contributed by atoms with E-state index in [-0.39, 0.29) is 0 Å². The fraction of sp³-hybridized carbons (Fsp3) is 0.250. The summed E-state index contributed by atoms with van der Waals surface area (Å²) in [5, 5.41) is 9.50. The van der Waals surface area contributed by atoms with Crippen LogP contribution in [0.25, 0.3) is 0 Å². The summed E-state index contributed by atoms with van der Waals surface area (Å²) < 4.78 is 11.0. The Labute approximate surface area is 122 Å². The van der Waals surface area contributed by atoms with E-state index in [1.807, 2.05) is 12.1 Å². The number of hydrogen-bond acceptors (Lipinski definition) is 4. The standard InChI is InChI=1S/C16H15NO4/c18-16(19)13(9-11-3-5-17-6-4-11)12-1-2-14-15(10-12)21-8-7-20-14/h1-6,10,13H,7-9H2,(H,18,19). The third-order valence-corrected chi connectivity index (χ3v) is 3.46. The van der Waals surface area contributed by atoms with E-state index in [4.69, 9.17) is 9.47 Å². The zero-order valence-electron chi connectivity index (χ0n) is 11.4. The first-order chi connectivity index (χ1) is 10.2. The zero-order valence-corrected chi connectivity index (χ0v) is 11.4. The van der Waals surface area contributed by atoms with E-state index in [9.17, 15) is 9.90 Å². The van der Waals surface area contributed by atoms with E-state index in [1.165, 1.54) is 0 Å². The van der Waals surface area contributed by atoms with Crippen LogP contribution < -0.4 is 9.47 Å². The second kappa shape index (κ2) is 5.83. The van der Waals surface area contributed by atoms with Crippen molar-refractivity contribution in [2.24, 2.45) is 0 Å². The lowest BCUT2D eigenvalue weighted by atomic mass is 9.92. The molecule has 5 nitrogen and oxygen atoms in total. The zero-order chi connectivity index (χ0) is 14.7. The molecule has 1 aliphatic rings. The van der Waals surface area contributed by atoms with Crippen molar-refractivity contribution >= 4 is 5.97 Å². The average Bonchev–Trinajstić information content (AvgIpc) is 2.53. The first kappa shape index (κ1) is 13.4. The number of ether oxygens (including phenoxy) is 2. The van der Waals surface area contributed by atoms with Gasteiger partial charge < -0.3 is 14.6 Å². The van der Waals surface area contributed by atoms with Gasteiger partial charge in [-0.2, -0.15) is 0 Å². The fourth-order valence-corrected chi connectivity index (χ4v) is 2.38. The Bertz CT molecular complexity index is 642. The van der Waals surface area contributed by atoms with Gasteiger partial charge in [0.25, 0.3) is 0 Å². The van der Waals surface area contributed by atoms with E-state index in [0.29, 0.717) is 36.7 Å². The normalized spacial score (nSPS) is 14.5. The van der Waals surface area contributed by atoms with Crippen molar-refractivity contribution in [3.05, 3.63) is 53.9 Å². The summed E-state index contributed by atoms with van der Waals surface area (Å²) in [6.45, 7) is 1.00. The highest BCUT2D eigenvalue weighted by Crippen LogP contribution is 2.34. The summed E-state index contributed by atoms with van der Waals surface area (Å²) in [5.74, 6) is -0.204. The molecular formula is C16H15NO4. The van der Waals surface area contributed by atoms with Gasteiger partial charge in [-0.05, 0) is 41.8 Å². The molecule has 108 valence electrons. The number of aromatic nitrogens is 1. The summed E-state index contributed by atoms with van der Waals surface area (Å²) in [4.78, 5) is 15.5. The smallest absolute Gasteiger partial charge is 0.311 e. The number of pyridine rings is 1. The fourth-order valence-electron chi connectivity index (χ4n) is 2.38. The minimum Gasteiger partial charge on any atom is -0.486 e. The minimum absolute atomic E-state index is 0.414. The van der Waals surface area contributed by atoms with Gasteiger partial charge in [-0.1, -0.05) is 6.07 Å². The number of nitrogens with zero attached hydrogens (tertiary/aromatic N) is 1. The van der Waals surface area contributed by atoms with Crippen LogP contribution in [0.3, 0.4) is 0 Å². The molecule has 1 unspecified atom stereocenters. The van der Waals surface area contributed by atoms with Gasteiger partial charge >= 0.3 is 5.97 Å². The van der Waals surface area contributed by atoms with E-state index in [1.54, 1.807) is 30.6 Å². The molecule has 0 saturated carbocycles. The molecule has 3 rings (SSSR count). The van der Waals surface area contributed by atoms with Crippen molar-refractivity contribution < 1.29 is 19.4 Å². The summed E-state index contributed by atoms with van der Waals surface area (Å²) in [7, 11) is 0. The van der Waals surface area contributed by atoms with Crippen molar-refractivity contribution in [1.29, 1.82) is 0 Å². The van der Waals surface area contributed by atoms with Crippen LogP contribution in [-0.4, -0.2) is 29.3 Å². The van der Waals surface area contributed by atoms with Crippen molar-refractivity contribution in [3.63, 3.8) is 0 Å². The van der Waals surface area contributed by atoms with Crippen molar-refractivity contribution in [2.75, 3.05) is 13.2 Å². The van der Waals surface area contributed by atoms with E-state index in [2.05, 4.69) is 4.98 Å². The Kier molecular flexibility index (Phi) is 3.73. The number of hydrogen-bond donors (Lipinski definition) is 1. The van der Waals surface area contributed by atoms with E-state index in [0.717, 1.165) is 5.56 Å². The highest BCUT2D eigenvalue weighted by molar-refractivity contribution is 5.77. The molecule has 2 heterocycles. The first-order valence-corrected chi connectivity index (χ1v) is 6.75. The molecule has 0 amide bonds. The van der Waals surface area contributed by atoms with Crippen LogP contribution in [0.15, 0.2) is 42.7 Å². The molecule has 1 aromatic carbocycles. The SMILES string of the molecule is O=C(O)C(Cc1ccncc1)c1ccc2c(c1)OCCO2. The van der Waals surface area contributed by atoms with Crippen LogP contribution in [-0.2, 0) is 11.2 Å². The van der Waals surface area contributed by atoms with Gasteiger partial charge in [-0.3, -0.25) is 9.78 Å². The van der Waals surface area contributed by atoms with Gasteiger partial charge in [0.15, 0.2) is 11.5 Å². The molecular weight excluding hydrogens is 270 g/mol. The number of rotatable bonds is 4. The lowest BCUT2D eigenvalue weighted by Gasteiger charge is -2.20. The van der Waals surface area contributed by atoms with Gasteiger partial charge in [0, 0.05) is 12.4 Å². The Hall–Kier alpha value is -2.56. The van der Waals surface area contributed by atoms with Gasteiger partial charge in [-0.25, -0.2) is 0 Å². The van der Waals surface area contributed by atoms with Crippen LogP contribution in [0, 0.1) is 0 Å². The molecule has 0 saturated heterocycles. The lowest BCUT2D eigenvalue weighted by Crippen LogP contribution is -2.18. The monoisotopic (exact) mass is 285 g/mol. The van der Waals surface area contributed by atoms with Crippen molar-refractivity contribution in [3.8, 4) is 11.5 Å². The summed E-state index contributed by atoms with van der Waals surface area (Å²) in [6, 6.07) is 8.97. The average molecular weight is 285 g/mol. The molecule has 1 aliphatic heterocycles. The largest absolute Gasteiger partial charge is 0.486 e. The topological polar surface area (TPSA) is 68.7 Å². The Morgan fingerprint density at radius 1 is 1.14 bits per heavy atom. The van der Waals surface area contributed by atoms with E-state index >= 15 is 0 Å². The Balaban J connectivity index is 1.89. The molecule has 5 heteroatoms. The molecule has 0 fully saturated rings. The number of carbonyl (C=O) groups is 1. The van der Waals surface area contributed by atoms with Crippen molar-refractivity contribution in [1.82, 2.24) is 4.98 Å². The number of carboxylic acid groups (broad SMARTS) is 1. The second-order valence-corrected chi connectivity index (χ2v) is 4.85. The maximum Gasteiger partial charge on any atom is 0.311 e. The summed E-state index contributed by atoms with van der Waals surface area (Å²) >= 11 is 0. The first-order valence-electron chi connectivity index (χ1n) is 6.75. The predicted molar refractivity (Wildman–Crippen MR) is 75.7 cm³/mol. The molecule has 1 atom stereocenters. The van der Waals surface area contributed by atoms with Crippen LogP contribution >= 0.6 is 0 Å². The number of fused-ring (bicyclic) bond motifs is 1. The van der Waals surface area contributed by atoms with Gasteiger partial charge in [-0.15, -0.1) is 0 Å². The number of benzene rings is 1. The molecule has 1 aromatic heterocycles. The Morgan fingerprint density at radius 2 is 1.86 bits per heavy atom. The summed E-state index contributed by atoms with van der Waals surface area (Å²) in [5.41, 5.74) is 1.65. The lowest BCUT2D eigenvalue weighted by molar-refractivity contribution is -0.138. The van der Waals surface area contributed by atoms with Gasteiger partial charge in [0.1, 0.15) is 13.2 Å². The molecule has 0 spiro atoms. The molecule has 0 aliphatic carbocycles. The van der Waals surface area contributed by atoms with Crippen LogP contribution in [0.1, 0.15) is 17.0 Å². The number of aliphatic carboxylic acids is 1. The quantitative estimate of drug-likeness (QED) is 0.933. The maximum atomic E-state index is 11.6. The minimum atomic E-state index is -0.858. The molecule has 0 bridgehead atoms. The van der Waals surface area contributed by atoms with Crippen LogP contribution in [0.2, 0.25) is 0 Å². The summed E-state index contributed by atoms with van der Waals surface area (Å²) in [6.07, 6.45) is 3.74. The maximum absolute atomic E-state index is 11.6. The van der Waals surface area contributed by atoms with E-state index < -0.39 is 11.9 Å². The van der Waals surface area contributed by atoms with Gasteiger partial charge in [0.05, 0.1) is 5.92 Å². The molecule has 2 aromatic rings. The second-order valence-electron chi connectivity index (χ2n) is 4.85. The Morgan fingerprint density at radius 3 is 2.57 bits per heavy atom. The molecule has 1 N–H and O–H groups in total. The van der Waals surface area contributed by atoms with Gasteiger partial charge in [0.2, 0.25) is 0 Å². The van der Waals surface area contributed by atoms with Crippen molar-refractivity contribution in [2.45, 2.75) is 12.3 Å². The third-order valence-electron chi connectivity index (χ3n) is 3.46. The predicted octanol–water partition coefficient (Wildman–Crippen LogP) is 2.26. The third kappa shape index (κ3) is 2.97. The molecule has 0 radical (unpaired) electrons. The molecule has 21 heavy (non-hydrogen) atoms. The van der Waals surface area contributed by atoms with Crippen LogP contribution in [0.5, 0.6) is 11.5 Å². The highest BCUT2D eigenvalue weighted by atomic mass is 16.6. The number of carboxylic acids is 1. The van der Waals surface area contributed by atoms with Crippen LogP contribution in [0.4, 0.5) is 0 Å².